The second-order valence-electron chi connectivity index (χ2n) is 9.19. The smallest absolute Gasteiger partial charge is 0.0984 e. The summed E-state index contributed by atoms with van der Waals surface area (Å²) in [5.41, 5.74) is 1.41. The lowest BCUT2D eigenvalue weighted by Gasteiger charge is -2.41. The molecule has 1 aromatic rings. The zero-order valence-electron chi connectivity index (χ0n) is 15.6. The number of rotatable bonds is 3. The second-order valence-corrected chi connectivity index (χ2v) is 9.19. The lowest BCUT2D eigenvalue weighted by Crippen LogP contribution is -3.23. The van der Waals surface area contributed by atoms with E-state index in [-0.39, 0.29) is 0 Å². The van der Waals surface area contributed by atoms with Crippen molar-refractivity contribution in [3.63, 3.8) is 0 Å². The van der Waals surface area contributed by atoms with E-state index in [1.165, 1.54) is 57.8 Å². The van der Waals surface area contributed by atoms with Crippen molar-refractivity contribution in [2.24, 2.45) is 11.8 Å². The monoisotopic (exact) mass is 341 g/mol. The Morgan fingerprint density at radius 2 is 1.52 bits per heavy atom. The first-order valence-corrected chi connectivity index (χ1v) is 10.9. The Hall–Kier alpha value is -1.06. The van der Waals surface area contributed by atoms with E-state index in [0.717, 1.165) is 23.9 Å². The van der Waals surface area contributed by atoms with E-state index >= 15 is 0 Å². The zero-order chi connectivity index (χ0) is 16.6. The minimum absolute atomic E-state index is 0.945. The summed E-state index contributed by atoms with van der Waals surface area (Å²) >= 11 is 0. The Bertz CT molecular complexity index is 558. The van der Waals surface area contributed by atoms with E-state index in [2.05, 4.69) is 35.2 Å². The Morgan fingerprint density at radius 3 is 2.16 bits per heavy atom. The number of nitrogens with zero attached hydrogens (tertiary/aromatic N) is 1. The largest absolute Gasteiger partial charge is 0.360 e. The van der Waals surface area contributed by atoms with Gasteiger partial charge in [0.15, 0.2) is 0 Å². The molecule has 0 amide bonds. The van der Waals surface area contributed by atoms with Gasteiger partial charge in [0.2, 0.25) is 0 Å². The molecule has 2 bridgehead atoms. The maximum atomic E-state index is 2.58. The molecule has 2 heterocycles. The van der Waals surface area contributed by atoms with E-state index in [0.29, 0.717) is 0 Å². The van der Waals surface area contributed by atoms with Crippen LogP contribution in [0.15, 0.2) is 30.3 Å². The standard InChI is InChI=1S/C22H33N3/c1-2-4-20(5-3-1)23-12-14-24(15-13-23)21-8-10-25(11-9-21)22-17-18-6-7-19(22)16-18/h1-5,18-19,21-22H,6-17H2/p+2/t18-,19+,22+/m0/s1. The summed E-state index contributed by atoms with van der Waals surface area (Å²) in [6.07, 6.45) is 9.19. The number of benzene rings is 1. The third kappa shape index (κ3) is 3.21. The molecule has 2 saturated heterocycles. The SMILES string of the molecule is c1ccc(N2CC[NH+](C3CC[NH+]([C@@H]4C[C@H]5CC[C@@H]4C5)CC3)CC2)cc1. The summed E-state index contributed by atoms with van der Waals surface area (Å²) < 4.78 is 0. The van der Waals surface area contributed by atoms with Gasteiger partial charge in [0, 0.05) is 30.9 Å². The molecule has 0 radical (unpaired) electrons. The van der Waals surface area contributed by atoms with Crippen molar-refractivity contribution in [3.8, 4) is 0 Å². The molecule has 2 N–H and O–H groups in total. The van der Waals surface area contributed by atoms with Gasteiger partial charge in [0.25, 0.3) is 0 Å². The first kappa shape index (κ1) is 16.1. The lowest BCUT2D eigenvalue weighted by molar-refractivity contribution is -0.970. The van der Waals surface area contributed by atoms with Gasteiger partial charge in [0.05, 0.1) is 51.4 Å². The molecule has 25 heavy (non-hydrogen) atoms. The van der Waals surface area contributed by atoms with Gasteiger partial charge in [-0.3, -0.25) is 0 Å². The van der Waals surface area contributed by atoms with Gasteiger partial charge in [-0.25, -0.2) is 0 Å². The normalized spacial score (nSPS) is 39.0. The molecule has 4 aliphatic rings. The van der Waals surface area contributed by atoms with Crippen molar-refractivity contribution in [3.05, 3.63) is 30.3 Å². The van der Waals surface area contributed by atoms with Gasteiger partial charge in [-0.2, -0.15) is 0 Å². The van der Waals surface area contributed by atoms with Gasteiger partial charge < -0.3 is 14.7 Å². The van der Waals surface area contributed by atoms with Crippen LogP contribution in [0.4, 0.5) is 5.69 Å². The van der Waals surface area contributed by atoms with Crippen LogP contribution in [0.5, 0.6) is 0 Å². The van der Waals surface area contributed by atoms with Crippen LogP contribution in [-0.4, -0.2) is 51.4 Å². The lowest BCUT2D eigenvalue weighted by atomic mass is 9.91. The fourth-order valence-electron chi connectivity index (χ4n) is 6.61. The molecule has 2 aliphatic heterocycles. The first-order valence-electron chi connectivity index (χ1n) is 10.9. The van der Waals surface area contributed by atoms with Crippen molar-refractivity contribution < 1.29 is 9.80 Å². The van der Waals surface area contributed by atoms with Crippen molar-refractivity contribution in [1.82, 2.24) is 0 Å². The van der Waals surface area contributed by atoms with Crippen LogP contribution in [-0.2, 0) is 0 Å². The fourth-order valence-corrected chi connectivity index (χ4v) is 6.61. The van der Waals surface area contributed by atoms with E-state index in [1.807, 2.05) is 9.80 Å². The third-order valence-corrected chi connectivity index (χ3v) is 7.99. The number of piperazine rings is 1. The number of likely N-dealkylation sites (tertiary alicyclic amines) is 1. The van der Waals surface area contributed by atoms with Gasteiger partial charge in [-0.05, 0) is 37.3 Å². The topological polar surface area (TPSA) is 12.1 Å². The van der Waals surface area contributed by atoms with Crippen LogP contribution < -0.4 is 14.7 Å². The molecular formula is C22H35N3+2. The average Bonchev–Trinajstić information content (AvgIpc) is 3.33. The number of anilines is 1. The minimum Gasteiger partial charge on any atom is -0.360 e. The van der Waals surface area contributed by atoms with Crippen LogP contribution in [0, 0.1) is 11.8 Å². The summed E-state index contributed by atoms with van der Waals surface area (Å²) in [5, 5.41) is 0. The number of piperidine rings is 1. The summed E-state index contributed by atoms with van der Waals surface area (Å²) in [7, 11) is 0. The molecule has 0 aromatic heterocycles. The molecule has 2 saturated carbocycles. The Balaban J connectivity index is 1.11. The number of nitrogens with one attached hydrogen (secondary N) is 2. The molecule has 2 aliphatic carbocycles. The minimum atomic E-state index is 0.945. The summed E-state index contributed by atoms with van der Waals surface area (Å²) in [6, 6.07) is 13.0. The maximum absolute atomic E-state index is 2.58. The summed E-state index contributed by atoms with van der Waals surface area (Å²) in [4.78, 5) is 6.48. The summed E-state index contributed by atoms with van der Waals surface area (Å²) in [5.74, 6) is 2.20. The number of hydrogen-bond donors (Lipinski definition) is 2. The van der Waals surface area contributed by atoms with Crippen LogP contribution in [0.2, 0.25) is 0 Å². The predicted octanol–water partition coefficient (Wildman–Crippen LogP) is 0.627. The Labute approximate surface area is 153 Å². The van der Waals surface area contributed by atoms with Gasteiger partial charge in [-0.1, -0.05) is 18.2 Å². The molecule has 5 rings (SSSR count). The Kier molecular flexibility index (Phi) is 4.47. The predicted molar refractivity (Wildman–Crippen MR) is 102 cm³/mol. The van der Waals surface area contributed by atoms with E-state index in [4.69, 9.17) is 0 Å². The van der Waals surface area contributed by atoms with E-state index in [1.54, 1.807) is 25.7 Å². The number of quaternary nitrogens is 2. The van der Waals surface area contributed by atoms with Crippen molar-refractivity contribution in [2.45, 2.75) is 50.6 Å². The quantitative estimate of drug-likeness (QED) is 0.822. The highest BCUT2D eigenvalue weighted by molar-refractivity contribution is 5.46. The molecule has 3 heteroatoms. The molecule has 1 aromatic carbocycles. The molecular weight excluding hydrogens is 306 g/mol. The molecule has 3 atom stereocenters. The highest BCUT2D eigenvalue weighted by Crippen LogP contribution is 2.43. The number of para-hydroxylation sites is 1. The van der Waals surface area contributed by atoms with Crippen molar-refractivity contribution >= 4 is 5.69 Å². The van der Waals surface area contributed by atoms with Crippen molar-refractivity contribution in [1.29, 1.82) is 0 Å². The van der Waals surface area contributed by atoms with Crippen LogP contribution in [0.3, 0.4) is 0 Å². The maximum Gasteiger partial charge on any atom is 0.0984 e. The number of fused-ring (bicyclic) bond motifs is 2. The first-order chi connectivity index (χ1) is 12.4. The van der Waals surface area contributed by atoms with E-state index < -0.39 is 0 Å². The molecule has 0 spiro atoms. The summed E-state index contributed by atoms with van der Waals surface area (Å²) in [6.45, 7) is 8.07. The highest BCUT2D eigenvalue weighted by atomic mass is 15.3. The number of hydrogen-bond acceptors (Lipinski definition) is 1. The van der Waals surface area contributed by atoms with Gasteiger partial charge in [-0.15, -0.1) is 0 Å². The highest BCUT2D eigenvalue weighted by Gasteiger charge is 2.46. The molecule has 3 nitrogen and oxygen atoms in total. The van der Waals surface area contributed by atoms with E-state index in [9.17, 15) is 0 Å². The third-order valence-electron chi connectivity index (χ3n) is 7.99. The average molecular weight is 342 g/mol. The molecule has 0 unspecified atom stereocenters. The molecule has 136 valence electrons. The fraction of sp³-hybridized carbons (Fsp3) is 0.727. The van der Waals surface area contributed by atoms with Gasteiger partial charge in [0.1, 0.15) is 0 Å². The van der Waals surface area contributed by atoms with Crippen molar-refractivity contribution in [2.75, 3.05) is 44.2 Å². The Morgan fingerprint density at radius 1 is 0.760 bits per heavy atom. The van der Waals surface area contributed by atoms with Crippen LogP contribution in [0.1, 0.15) is 38.5 Å². The molecule has 4 fully saturated rings. The van der Waals surface area contributed by atoms with Crippen LogP contribution in [0.25, 0.3) is 0 Å². The van der Waals surface area contributed by atoms with Gasteiger partial charge >= 0.3 is 0 Å². The second kappa shape index (κ2) is 6.92. The van der Waals surface area contributed by atoms with Crippen LogP contribution >= 0.6 is 0 Å². The zero-order valence-corrected chi connectivity index (χ0v) is 15.6.